The van der Waals surface area contributed by atoms with E-state index in [0.717, 1.165) is 11.1 Å². The van der Waals surface area contributed by atoms with E-state index in [1.807, 2.05) is 24.3 Å². The van der Waals surface area contributed by atoms with E-state index in [1.165, 1.54) is 0 Å². The zero-order valence-corrected chi connectivity index (χ0v) is 12.4. The van der Waals surface area contributed by atoms with Gasteiger partial charge in [0, 0.05) is 17.9 Å². The molecule has 2 heterocycles. The monoisotopic (exact) mass is 290 g/mol. The van der Waals surface area contributed by atoms with E-state index in [2.05, 4.69) is 19.2 Å². The Labute approximate surface area is 122 Å². The van der Waals surface area contributed by atoms with Crippen LogP contribution < -0.4 is 5.32 Å². The lowest BCUT2D eigenvalue weighted by Gasteiger charge is -2.23. The number of benzene rings is 1. The molecule has 0 radical (unpaired) electrons. The van der Waals surface area contributed by atoms with Crippen molar-refractivity contribution in [1.29, 1.82) is 0 Å². The van der Waals surface area contributed by atoms with Crippen LogP contribution in [0.2, 0.25) is 0 Å². The smallest absolute Gasteiger partial charge is 0.256 e. The third-order valence-corrected chi connectivity index (χ3v) is 4.98. The van der Waals surface area contributed by atoms with E-state index >= 15 is 0 Å². The third-order valence-electron chi connectivity index (χ3n) is 3.68. The Morgan fingerprint density at radius 1 is 1.45 bits per heavy atom. The summed E-state index contributed by atoms with van der Waals surface area (Å²) in [6.07, 6.45) is 0. The molecule has 0 bridgehead atoms. The summed E-state index contributed by atoms with van der Waals surface area (Å²) in [5.41, 5.74) is 1.79. The molecule has 106 valence electrons. The third kappa shape index (κ3) is 2.10. The lowest BCUT2D eigenvalue weighted by Crippen LogP contribution is -2.46. The van der Waals surface area contributed by atoms with Crippen LogP contribution in [0, 0.1) is 5.92 Å². The summed E-state index contributed by atoms with van der Waals surface area (Å²) in [5, 5.41) is 2.95. The number of nitrogens with one attached hydrogen (secondary N) is 1. The minimum absolute atomic E-state index is 0.00787. The first-order chi connectivity index (χ1) is 9.59. The number of fused-ring (bicyclic) bond motifs is 3. The van der Waals surface area contributed by atoms with Gasteiger partial charge in [-0.05, 0) is 17.5 Å². The molecular formula is C15H18N2O2S. The highest BCUT2D eigenvalue weighted by Gasteiger charge is 2.48. The largest absolute Gasteiger partial charge is 0.354 e. The fraction of sp³-hybridized carbons (Fsp3) is 0.467. The van der Waals surface area contributed by atoms with Crippen LogP contribution >= 0.6 is 11.8 Å². The quantitative estimate of drug-likeness (QED) is 0.926. The summed E-state index contributed by atoms with van der Waals surface area (Å²) in [4.78, 5) is 26.5. The molecule has 1 saturated heterocycles. The second kappa shape index (κ2) is 5.13. The van der Waals surface area contributed by atoms with Crippen LogP contribution in [0.1, 0.15) is 35.1 Å². The van der Waals surface area contributed by atoms with Gasteiger partial charge in [0.05, 0.1) is 0 Å². The van der Waals surface area contributed by atoms with Crippen LogP contribution in [0.15, 0.2) is 24.3 Å². The van der Waals surface area contributed by atoms with Crippen molar-refractivity contribution in [3.05, 3.63) is 35.4 Å². The number of thioether (sulfide) groups is 1. The van der Waals surface area contributed by atoms with Gasteiger partial charge in [-0.25, -0.2) is 0 Å². The van der Waals surface area contributed by atoms with Crippen molar-refractivity contribution < 1.29 is 9.59 Å². The molecule has 20 heavy (non-hydrogen) atoms. The van der Waals surface area contributed by atoms with Gasteiger partial charge in [0.25, 0.3) is 5.91 Å². The van der Waals surface area contributed by atoms with Gasteiger partial charge in [0.1, 0.15) is 11.4 Å². The van der Waals surface area contributed by atoms with Crippen LogP contribution in [0.4, 0.5) is 0 Å². The number of nitrogens with zero attached hydrogens (tertiary/aromatic N) is 1. The normalized spacial score (nSPS) is 23.9. The van der Waals surface area contributed by atoms with Crippen molar-refractivity contribution in [2.45, 2.75) is 25.3 Å². The van der Waals surface area contributed by atoms with Crippen molar-refractivity contribution in [2.75, 3.05) is 12.3 Å². The van der Waals surface area contributed by atoms with Gasteiger partial charge in [0.2, 0.25) is 5.91 Å². The van der Waals surface area contributed by atoms with Crippen molar-refractivity contribution in [3.63, 3.8) is 0 Å². The van der Waals surface area contributed by atoms with Gasteiger partial charge in [-0.2, -0.15) is 0 Å². The summed E-state index contributed by atoms with van der Waals surface area (Å²) in [6, 6.07) is 7.31. The molecule has 0 saturated carbocycles. The first kappa shape index (κ1) is 13.5. The zero-order valence-electron chi connectivity index (χ0n) is 11.6. The topological polar surface area (TPSA) is 49.4 Å². The van der Waals surface area contributed by atoms with E-state index in [4.69, 9.17) is 0 Å². The summed E-state index contributed by atoms with van der Waals surface area (Å²) in [7, 11) is 0. The number of rotatable bonds is 3. The highest BCUT2D eigenvalue weighted by atomic mass is 32.2. The Morgan fingerprint density at radius 2 is 2.20 bits per heavy atom. The molecule has 5 heteroatoms. The van der Waals surface area contributed by atoms with Gasteiger partial charge >= 0.3 is 0 Å². The molecule has 0 unspecified atom stereocenters. The number of hydrogen-bond acceptors (Lipinski definition) is 3. The van der Waals surface area contributed by atoms with Crippen LogP contribution in [-0.2, 0) is 4.79 Å². The molecule has 4 nitrogen and oxygen atoms in total. The Balaban J connectivity index is 1.80. The molecule has 1 N–H and O–H groups in total. The van der Waals surface area contributed by atoms with Gasteiger partial charge in [-0.15, -0.1) is 11.8 Å². The van der Waals surface area contributed by atoms with E-state index in [0.29, 0.717) is 18.2 Å². The van der Waals surface area contributed by atoms with Crippen molar-refractivity contribution in [3.8, 4) is 0 Å². The maximum Gasteiger partial charge on any atom is 0.256 e. The number of hydrogen-bond donors (Lipinski definition) is 1. The predicted octanol–water partition coefficient (Wildman–Crippen LogP) is 2.03. The minimum Gasteiger partial charge on any atom is -0.354 e. The standard InChI is InChI=1S/C15H18N2O2S/c1-9(2)7-16-13(18)12-8-20-15-11-6-4-3-5-10(11)14(19)17(12)15/h3-6,9,12,15H,7-8H2,1-2H3,(H,16,18)/t12-,15-/m0/s1. The second-order valence-electron chi connectivity index (χ2n) is 5.64. The summed E-state index contributed by atoms with van der Waals surface area (Å²) in [6.45, 7) is 4.77. The first-order valence-electron chi connectivity index (χ1n) is 6.90. The lowest BCUT2D eigenvalue weighted by molar-refractivity contribution is -0.124. The SMILES string of the molecule is CC(C)CNC(=O)[C@@H]1CS[C@H]2c3ccccc3C(=O)N12. The summed E-state index contributed by atoms with van der Waals surface area (Å²) in [5.74, 6) is 1.04. The molecule has 0 spiro atoms. The van der Waals surface area contributed by atoms with Gasteiger partial charge in [-0.3, -0.25) is 9.59 Å². The van der Waals surface area contributed by atoms with Crippen LogP contribution in [0.3, 0.4) is 0 Å². The van der Waals surface area contributed by atoms with E-state index in [9.17, 15) is 9.59 Å². The highest BCUT2D eigenvalue weighted by molar-refractivity contribution is 7.99. The average molecular weight is 290 g/mol. The molecule has 1 aromatic rings. The second-order valence-corrected chi connectivity index (χ2v) is 6.75. The molecule has 1 aromatic carbocycles. The number of amides is 2. The number of carbonyl (C=O) groups excluding carboxylic acids is 2. The maximum atomic E-state index is 12.5. The fourth-order valence-corrected chi connectivity index (χ4v) is 4.13. The molecule has 0 aliphatic carbocycles. The highest BCUT2D eigenvalue weighted by Crippen LogP contribution is 2.47. The van der Waals surface area contributed by atoms with Gasteiger partial charge in [-0.1, -0.05) is 32.0 Å². The van der Waals surface area contributed by atoms with E-state index in [-0.39, 0.29) is 23.2 Å². The first-order valence-corrected chi connectivity index (χ1v) is 7.95. The molecule has 3 rings (SSSR count). The summed E-state index contributed by atoms with van der Waals surface area (Å²) >= 11 is 1.67. The maximum absolute atomic E-state index is 12.5. The van der Waals surface area contributed by atoms with Crippen molar-refractivity contribution >= 4 is 23.6 Å². The van der Waals surface area contributed by atoms with Gasteiger partial charge < -0.3 is 10.2 Å². The predicted molar refractivity (Wildman–Crippen MR) is 79.4 cm³/mol. The lowest BCUT2D eigenvalue weighted by atomic mass is 10.1. The Morgan fingerprint density at radius 3 is 2.95 bits per heavy atom. The Hall–Kier alpha value is -1.49. The molecule has 2 amide bonds. The average Bonchev–Trinajstić information content (AvgIpc) is 2.98. The van der Waals surface area contributed by atoms with E-state index in [1.54, 1.807) is 16.7 Å². The van der Waals surface area contributed by atoms with Gasteiger partial charge in [0.15, 0.2) is 0 Å². The molecule has 2 aliphatic heterocycles. The van der Waals surface area contributed by atoms with Crippen LogP contribution in [0.5, 0.6) is 0 Å². The molecule has 1 fully saturated rings. The molecule has 2 aliphatic rings. The number of carbonyl (C=O) groups is 2. The molecule has 2 atom stereocenters. The summed E-state index contributed by atoms with van der Waals surface area (Å²) < 4.78 is 0. The van der Waals surface area contributed by atoms with Crippen molar-refractivity contribution in [1.82, 2.24) is 10.2 Å². The van der Waals surface area contributed by atoms with Crippen LogP contribution in [0.25, 0.3) is 0 Å². The minimum atomic E-state index is -0.344. The molecule has 0 aromatic heterocycles. The Bertz CT molecular complexity index is 559. The van der Waals surface area contributed by atoms with E-state index < -0.39 is 0 Å². The van der Waals surface area contributed by atoms with Crippen LogP contribution in [-0.4, -0.2) is 35.1 Å². The van der Waals surface area contributed by atoms with Crippen molar-refractivity contribution in [2.24, 2.45) is 5.92 Å². The molecular weight excluding hydrogens is 272 g/mol. The Kier molecular flexibility index (Phi) is 3.46. The fourth-order valence-electron chi connectivity index (χ4n) is 2.66. The zero-order chi connectivity index (χ0) is 14.3.